The van der Waals surface area contributed by atoms with Crippen LogP contribution in [0.25, 0.3) is 0 Å². The van der Waals surface area contributed by atoms with E-state index in [1.807, 2.05) is 20.8 Å². The Kier molecular flexibility index (Phi) is 6.71. The van der Waals surface area contributed by atoms with Crippen molar-refractivity contribution in [2.45, 2.75) is 45.7 Å². The van der Waals surface area contributed by atoms with Crippen molar-refractivity contribution in [2.24, 2.45) is 5.92 Å². The van der Waals surface area contributed by atoms with Gasteiger partial charge in [-0.1, -0.05) is 26.8 Å². The lowest BCUT2D eigenvalue weighted by molar-refractivity contribution is -0.152. The highest BCUT2D eigenvalue weighted by Gasteiger charge is 2.40. The van der Waals surface area contributed by atoms with Crippen molar-refractivity contribution in [3.63, 3.8) is 0 Å². The fraction of sp³-hybridized carbons (Fsp3) is 0.733. The maximum absolute atomic E-state index is 12.4. The van der Waals surface area contributed by atoms with Crippen molar-refractivity contribution in [3.8, 4) is 0 Å². The molecule has 114 valence electrons. The van der Waals surface area contributed by atoms with Gasteiger partial charge in [-0.3, -0.25) is 9.59 Å². The number of hydrogen-bond donors (Lipinski definition) is 1. The van der Waals surface area contributed by atoms with E-state index in [0.717, 1.165) is 6.42 Å². The first-order valence-corrected chi connectivity index (χ1v) is 7.32. The molecular weight excluding hydrogens is 256 g/mol. The maximum Gasteiger partial charge on any atom is 0.245 e. The standard InChI is InChI=1S/C15H26N2O3/c1-5-7-9-20-10-8-17-13(11(3)4)14(18)16-12(6-2)15(17)19/h5,11-13H,1,6-10H2,2-4H3,(H,16,18). The van der Waals surface area contributed by atoms with Gasteiger partial charge in [-0.2, -0.15) is 0 Å². The summed E-state index contributed by atoms with van der Waals surface area (Å²) in [5.41, 5.74) is 0. The first kappa shape index (κ1) is 16.7. The van der Waals surface area contributed by atoms with Gasteiger partial charge in [0.15, 0.2) is 0 Å². The first-order valence-electron chi connectivity index (χ1n) is 7.32. The van der Waals surface area contributed by atoms with Gasteiger partial charge >= 0.3 is 0 Å². The first-order chi connectivity index (χ1) is 9.52. The van der Waals surface area contributed by atoms with Crippen molar-refractivity contribution in [1.82, 2.24) is 10.2 Å². The molecule has 0 aliphatic carbocycles. The van der Waals surface area contributed by atoms with E-state index >= 15 is 0 Å². The molecular formula is C15H26N2O3. The molecule has 1 heterocycles. The number of carbonyl (C=O) groups is 2. The van der Waals surface area contributed by atoms with Gasteiger partial charge in [-0.15, -0.1) is 6.58 Å². The highest BCUT2D eigenvalue weighted by molar-refractivity contribution is 5.97. The van der Waals surface area contributed by atoms with Gasteiger partial charge < -0.3 is 15.0 Å². The minimum atomic E-state index is -0.398. The Morgan fingerprint density at radius 1 is 1.40 bits per heavy atom. The van der Waals surface area contributed by atoms with E-state index in [0.29, 0.717) is 26.2 Å². The molecule has 0 aromatic heterocycles. The van der Waals surface area contributed by atoms with Crippen LogP contribution in [-0.4, -0.2) is 48.6 Å². The second kappa shape index (κ2) is 8.04. The Bertz CT molecular complexity index is 355. The van der Waals surface area contributed by atoms with Gasteiger partial charge in [-0.25, -0.2) is 0 Å². The number of rotatable bonds is 8. The lowest BCUT2D eigenvalue weighted by Gasteiger charge is -2.40. The summed E-state index contributed by atoms with van der Waals surface area (Å²) in [5.74, 6) is 0.0283. The van der Waals surface area contributed by atoms with Crippen LogP contribution in [-0.2, 0) is 14.3 Å². The van der Waals surface area contributed by atoms with Gasteiger partial charge in [0.2, 0.25) is 11.8 Å². The van der Waals surface area contributed by atoms with Gasteiger partial charge in [0.05, 0.1) is 13.2 Å². The van der Waals surface area contributed by atoms with Crippen molar-refractivity contribution >= 4 is 11.8 Å². The number of nitrogens with one attached hydrogen (secondary N) is 1. The molecule has 1 rings (SSSR count). The molecule has 0 spiro atoms. The third-order valence-electron chi connectivity index (χ3n) is 3.48. The van der Waals surface area contributed by atoms with Gasteiger partial charge in [0, 0.05) is 6.54 Å². The Morgan fingerprint density at radius 2 is 2.10 bits per heavy atom. The van der Waals surface area contributed by atoms with E-state index in [1.54, 1.807) is 11.0 Å². The number of hydrogen-bond acceptors (Lipinski definition) is 3. The number of carbonyl (C=O) groups excluding carboxylic acids is 2. The second-order valence-electron chi connectivity index (χ2n) is 5.38. The smallest absolute Gasteiger partial charge is 0.245 e. The monoisotopic (exact) mass is 282 g/mol. The average Bonchev–Trinajstić information content (AvgIpc) is 2.41. The molecule has 2 unspecified atom stereocenters. The van der Waals surface area contributed by atoms with E-state index in [2.05, 4.69) is 11.9 Å². The fourth-order valence-corrected chi connectivity index (χ4v) is 2.42. The molecule has 2 atom stereocenters. The van der Waals surface area contributed by atoms with Crippen molar-refractivity contribution in [2.75, 3.05) is 19.8 Å². The number of ether oxygens (including phenoxy) is 1. The molecule has 0 aromatic carbocycles. The summed E-state index contributed by atoms with van der Waals surface area (Å²) in [5, 5.41) is 2.80. The molecule has 2 amide bonds. The lowest BCUT2D eigenvalue weighted by Crippen LogP contribution is -2.65. The maximum atomic E-state index is 12.4. The van der Waals surface area contributed by atoms with Gasteiger partial charge in [-0.05, 0) is 18.8 Å². The predicted molar refractivity (Wildman–Crippen MR) is 78.2 cm³/mol. The molecule has 0 saturated carbocycles. The summed E-state index contributed by atoms with van der Waals surface area (Å²) in [6.07, 6.45) is 3.20. The quantitative estimate of drug-likeness (QED) is 0.540. The normalized spacial score (nSPS) is 23.1. The van der Waals surface area contributed by atoms with Crippen LogP contribution in [0.15, 0.2) is 12.7 Å². The summed E-state index contributed by atoms with van der Waals surface area (Å²) < 4.78 is 5.46. The summed E-state index contributed by atoms with van der Waals surface area (Å²) in [6.45, 7) is 10.9. The van der Waals surface area contributed by atoms with Crippen LogP contribution < -0.4 is 5.32 Å². The summed E-state index contributed by atoms with van der Waals surface area (Å²) >= 11 is 0. The zero-order valence-electron chi connectivity index (χ0n) is 12.7. The Balaban J connectivity index is 2.66. The van der Waals surface area contributed by atoms with E-state index in [1.165, 1.54) is 0 Å². The minimum Gasteiger partial charge on any atom is -0.379 e. The van der Waals surface area contributed by atoms with Crippen LogP contribution in [0.5, 0.6) is 0 Å². The SMILES string of the molecule is C=CCCOCCN1C(=O)C(CC)NC(=O)C1C(C)C. The number of nitrogens with zero attached hydrogens (tertiary/aromatic N) is 1. The number of amides is 2. The molecule has 0 bridgehead atoms. The van der Waals surface area contributed by atoms with Crippen molar-refractivity contribution < 1.29 is 14.3 Å². The molecule has 5 nitrogen and oxygen atoms in total. The number of piperazine rings is 1. The lowest BCUT2D eigenvalue weighted by atomic mass is 9.96. The molecule has 1 saturated heterocycles. The van der Waals surface area contributed by atoms with Crippen LogP contribution in [0.4, 0.5) is 0 Å². The Hall–Kier alpha value is -1.36. The highest BCUT2D eigenvalue weighted by atomic mass is 16.5. The zero-order valence-corrected chi connectivity index (χ0v) is 12.7. The zero-order chi connectivity index (χ0) is 15.1. The third-order valence-corrected chi connectivity index (χ3v) is 3.48. The van der Waals surface area contributed by atoms with Crippen molar-refractivity contribution in [3.05, 3.63) is 12.7 Å². The summed E-state index contributed by atoms with van der Waals surface area (Å²) in [4.78, 5) is 26.2. The molecule has 0 radical (unpaired) electrons. The topological polar surface area (TPSA) is 58.6 Å². The molecule has 1 aliphatic heterocycles. The Labute approximate surface area is 121 Å². The van der Waals surface area contributed by atoms with Crippen LogP contribution in [0.2, 0.25) is 0 Å². The van der Waals surface area contributed by atoms with Crippen LogP contribution in [0, 0.1) is 5.92 Å². The second-order valence-corrected chi connectivity index (χ2v) is 5.38. The van der Waals surface area contributed by atoms with E-state index in [9.17, 15) is 9.59 Å². The van der Waals surface area contributed by atoms with Gasteiger partial charge in [0.1, 0.15) is 12.1 Å². The van der Waals surface area contributed by atoms with Crippen LogP contribution in [0.3, 0.4) is 0 Å². The van der Waals surface area contributed by atoms with Crippen LogP contribution >= 0.6 is 0 Å². The molecule has 1 aliphatic rings. The fourth-order valence-electron chi connectivity index (χ4n) is 2.42. The average molecular weight is 282 g/mol. The van der Waals surface area contributed by atoms with Crippen LogP contribution in [0.1, 0.15) is 33.6 Å². The largest absolute Gasteiger partial charge is 0.379 e. The molecule has 1 fully saturated rings. The van der Waals surface area contributed by atoms with E-state index in [-0.39, 0.29) is 17.7 Å². The molecule has 5 heteroatoms. The van der Waals surface area contributed by atoms with E-state index in [4.69, 9.17) is 4.74 Å². The third kappa shape index (κ3) is 4.07. The van der Waals surface area contributed by atoms with Gasteiger partial charge in [0.25, 0.3) is 0 Å². The molecule has 1 N–H and O–H groups in total. The highest BCUT2D eigenvalue weighted by Crippen LogP contribution is 2.18. The Morgan fingerprint density at radius 3 is 2.65 bits per heavy atom. The summed E-state index contributed by atoms with van der Waals surface area (Å²) in [6, 6.07) is -0.793. The molecule has 0 aromatic rings. The van der Waals surface area contributed by atoms with E-state index < -0.39 is 12.1 Å². The predicted octanol–water partition coefficient (Wildman–Crippen LogP) is 1.34. The summed E-state index contributed by atoms with van der Waals surface area (Å²) in [7, 11) is 0. The minimum absolute atomic E-state index is 0.00174. The molecule has 20 heavy (non-hydrogen) atoms. The van der Waals surface area contributed by atoms with Crippen molar-refractivity contribution in [1.29, 1.82) is 0 Å².